The van der Waals surface area contributed by atoms with Gasteiger partial charge in [-0.05, 0) is 74.2 Å². The summed E-state index contributed by atoms with van der Waals surface area (Å²) in [7, 11) is 7.50. The molecule has 1 spiro atoms. The van der Waals surface area contributed by atoms with Crippen molar-refractivity contribution in [3.63, 3.8) is 0 Å². The SMILES string of the molecule is CC[C@@]1(NC(=O)OC)C[C@@H]2CN(CCc3c([nH]c4ccccc34)[C@@](C(=O)OC)(c3cc4c(cc3OC)N(C)[C@H]3[C@@](O)(C(=O)OC)[C@H](OC(C)=O)[C@]5(CC)C=CCN6CC[C@]43[C@@H]65)C2)C1. The van der Waals surface area contributed by atoms with E-state index in [2.05, 4.69) is 39.2 Å². The highest BCUT2D eigenvalue weighted by Gasteiger charge is 2.80. The van der Waals surface area contributed by atoms with E-state index in [0.29, 0.717) is 82.6 Å². The van der Waals surface area contributed by atoms with Crippen LogP contribution in [-0.2, 0) is 50.6 Å². The van der Waals surface area contributed by atoms with E-state index in [1.165, 1.54) is 28.3 Å². The number of H-pyrrole nitrogens is 1. The van der Waals surface area contributed by atoms with Crippen LogP contribution in [0.25, 0.3) is 10.9 Å². The van der Waals surface area contributed by atoms with E-state index in [1.54, 1.807) is 7.11 Å². The molecule has 10 atom stereocenters. The number of aliphatic hydroxyl groups is 1. The molecule has 3 fully saturated rings. The van der Waals surface area contributed by atoms with Gasteiger partial charge in [0.2, 0.25) is 5.60 Å². The predicted octanol–water partition coefficient (Wildman–Crippen LogP) is 4.35. The van der Waals surface area contributed by atoms with E-state index in [1.807, 2.05) is 55.3 Å². The van der Waals surface area contributed by atoms with Crippen LogP contribution in [0.15, 0.2) is 48.6 Å². The third kappa shape index (κ3) is 5.80. The molecule has 1 unspecified atom stereocenters. The van der Waals surface area contributed by atoms with Crippen LogP contribution in [0, 0.1) is 11.3 Å². The second-order valence-corrected chi connectivity index (χ2v) is 18.9. The Morgan fingerprint density at radius 2 is 1.70 bits per heavy atom. The minimum absolute atomic E-state index is 0.124. The second-order valence-electron chi connectivity index (χ2n) is 18.9. The lowest BCUT2D eigenvalue weighted by atomic mass is 9.47. The van der Waals surface area contributed by atoms with Gasteiger partial charge in [-0.25, -0.2) is 9.59 Å². The fourth-order valence-electron chi connectivity index (χ4n) is 14.0. The molecule has 5 aliphatic heterocycles. The van der Waals surface area contributed by atoms with Gasteiger partial charge in [0.05, 0.1) is 40.0 Å². The number of rotatable bonds is 8. The minimum atomic E-state index is -2.32. The Morgan fingerprint density at radius 3 is 2.38 bits per heavy atom. The number of nitrogens with zero attached hydrogens (tertiary/aromatic N) is 3. The van der Waals surface area contributed by atoms with E-state index in [9.17, 15) is 19.5 Å². The van der Waals surface area contributed by atoms with Crippen molar-refractivity contribution in [2.75, 3.05) is 73.1 Å². The Labute approximate surface area is 368 Å². The predicted molar refractivity (Wildman–Crippen MR) is 234 cm³/mol. The fourth-order valence-corrected chi connectivity index (χ4v) is 14.0. The highest BCUT2D eigenvalue weighted by Crippen LogP contribution is 2.68. The zero-order valence-electron chi connectivity index (χ0n) is 37.7. The molecule has 1 aliphatic carbocycles. The molecule has 3 N–H and O–H groups in total. The number of nitrogens with one attached hydrogen (secondary N) is 2. The van der Waals surface area contributed by atoms with Gasteiger partial charge in [0, 0.05) is 90.9 Å². The van der Waals surface area contributed by atoms with Crippen LogP contribution in [-0.4, -0.2) is 141 Å². The van der Waals surface area contributed by atoms with Gasteiger partial charge in [0.1, 0.15) is 11.2 Å². The molecule has 63 heavy (non-hydrogen) atoms. The molecule has 15 heteroatoms. The maximum atomic E-state index is 15.5. The number of fused-ring (bicyclic) bond motifs is 6. The van der Waals surface area contributed by atoms with E-state index in [-0.39, 0.29) is 12.0 Å². The summed E-state index contributed by atoms with van der Waals surface area (Å²) in [5.41, 5.74) is -1.56. The largest absolute Gasteiger partial charge is 0.496 e. The van der Waals surface area contributed by atoms with E-state index < -0.39 is 63.5 Å². The van der Waals surface area contributed by atoms with Crippen LogP contribution in [0.3, 0.4) is 0 Å². The van der Waals surface area contributed by atoms with Crippen molar-refractivity contribution >= 4 is 40.6 Å². The first kappa shape index (κ1) is 43.1. The summed E-state index contributed by atoms with van der Waals surface area (Å²) in [5, 5.41) is 17.6. The highest BCUT2D eigenvalue weighted by atomic mass is 16.6. The number of aromatic amines is 1. The molecule has 2 bridgehead atoms. The number of aromatic nitrogens is 1. The van der Waals surface area contributed by atoms with Crippen LogP contribution in [0.5, 0.6) is 5.75 Å². The number of para-hydroxylation sites is 1. The van der Waals surface area contributed by atoms with Gasteiger partial charge < -0.3 is 48.9 Å². The van der Waals surface area contributed by atoms with Crippen LogP contribution < -0.4 is 15.0 Å². The number of benzene rings is 2. The average molecular weight is 868 g/mol. The van der Waals surface area contributed by atoms with Crippen LogP contribution >= 0.6 is 0 Å². The van der Waals surface area contributed by atoms with Crippen LogP contribution in [0.4, 0.5) is 10.5 Å². The van der Waals surface area contributed by atoms with E-state index in [0.717, 1.165) is 33.4 Å². The number of piperidine rings is 1. The number of hydrogen-bond acceptors (Lipinski definition) is 13. The van der Waals surface area contributed by atoms with Crippen LogP contribution in [0.1, 0.15) is 75.3 Å². The van der Waals surface area contributed by atoms with Crippen molar-refractivity contribution in [3.05, 3.63) is 70.9 Å². The first-order valence-electron chi connectivity index (χ1n) is 22.3. The van der Waals surface area contributed by atoms with Gasteiger partial charge in [-0.2, -0.15) is 0 Å². The van der Waals surface area contributed by atoms with E-state index in [4.69, 9.17) is 23.7 Å². The number of ether oxygens (including phenoxy) is 5. The Kier molecular flexibility index (Phi) is 10.5. The number of likely N-dealkylation sites (N-methyl/N-ethyl adjacent to an activating group) is 1. The lowest BCUT2D eigenvalue weighted by Crippen LogP contribution is -2.81. The molecule has 0 radical (unpaired) electrons. The molecule has 1 aromatic heterocycles. The summed E-state index contributed by atoms with van der Waals surface area (Å²) >= 11 is 0. The molecule has 2 aromatic carbocycles. The number of methoxy groups -OCH3 is 4. The summed E-state index contributed by atoms with van der Waals surface area (Å²) in [5.74, 6) is -1.65. The first-order valence-corrected chi connectivity index (χ1v) is 22.3. The summed E-state index contributed by atoms with van der Waals surface area (Å²) in [6, 6.07) is 10.9. The average Bonchev–Trinajstić information content (AvgIpc) is 3.95. The lowest BCUT2D eigenvalue weighted by Gasteiger charge is -2.63. The highest BCUT2D eigenvalue weighted by molar-refractivity contribution is 5.95. The molecule has 6 aliphatic rings. The summed E-state index contributed by atoms with van der Waals surface area (Å²) in [4.78, 5) is 66.5. The number of amides is 1. The third-order valence-electron chi connectivity index (χ3n) is 16.2. The standard InChI is InChI=1S/C48H61N5O10/c1-9-44(50-43(57)62-8)24-29-25-47(41(55)60-6,37-31(16-20-52(26-29)27-44)30-14-11-12-15-34(30)49-37)33-22-32-35(23-36(33)59-5)51(4)39-46(32)18-21-53-19-13-17-45(10-2,38(46)53)40(63-28(3)54)48(39,58)42(56)61-7/h11-15,17,22-23,29,38-40,49,58H,9-10,16,18-21,24-27H2,1-8H3,(H,50,57)/t29-,38-,39+,40+,44+,45+,46+,47-,48-/m0/s1. The molecular weight excluding hydrogens is 807 g/mol. The minimum Gasteiger partial charge on any atom is -0.496 e. The smallest absolute Gasteiger partial charge is 0.407 e. The normalized spacial score (nSPS) is 35.2. The summed E-state index contributed by atoms with van der Waals surface area (Å²) in [6.07, 6.45) is 5.46. The number of alkyl carbamates (subject to hydrolysis) is 1. The number of carbonyl (C=O) groups excluding carboxylic acids is 4. The van der Waals surface area contributed by atoms with Crippen molar-refractivity contribution in [1.29, 1.82) is 0 Å². The number of esters is 3. The molecule has 15 nitrogen and oxygen atoms in total. The molecule has 6 heterocycles. The molecule has 338 valence electrons. The van der Waals surface area contributed by atoms with Gasteiger partial charge in [-0.15, -0.1) is 0 Å². The third-order valence-corrected chi connectivity index (χ3v) is 16.2. The number of anilines is 1. The second kappa shape index (κ2) is 15.3. The summed E-state index contributed by atoms with van der Waals surface area (Å²) < 4.78 is 29.2. The van der Waals surface area contributed by atoms with Crippen molar-refractivity contribution in [2.24, 2.45) is 11.3 Å². The van der Waals surface area contributed by atoms with E-state index >= 15 is 4.79 Å². The fraction of sp³-hybridized carbons (Fsp3) is 0.583. The molecule has 1 amide bonds. The molecule has 1 saturated carbocycles. The van der Waals surface area contributed by atoms with Crippen molar-refractivity contribution in [3.8, 4) is 5.75 Å². The van der Waals surface area contributed by atoms with Gasteiger partial charge in [-0.3, -0.25) is 14.5 Å². The Bertz CT molecular complexity index is 2400. The Morgan fingerprint density at radius 1 is 0.937 bits per heavy atom. The topological polar surface area (TPSA) is 172 Å². The molecule has 2 saturated heterocycles. The maximum Gasteiger partial charge on any atom is 0.407 e. The van der Waals surface area contributed by atoms with Gasteiger partial charge in [0.15, 0.2) is 6.10 Å². The van der Waals surface area contributed by atoms with Gasteiger partial charge in [0.25, 0.3) is 0 Å². The quantitative estimate of drug-likeness (QED) is 0.166. The Balaban J connectivity index is 1.34. The van der Waals surface area contributed by atoms with Gasteiger partial charge >= 0.3 is 24.0 Å². The zero-order chi connectivity index (χ0) is 44.9. The van der Waals surface area contributed by atoms with Crippen molar-refractivity contribution < 1.29 is 48.0 Å². The molecule has 9 rings (SSSR count). The Hall–Kier alpha value is -5.12. The zero-order valence-corrected chi connectivity index (χ0v) is 37.7. The number of carbonyl (C=O) groups is 4. The van der Waals surface area contributed by atoms with Crippen LogP contribution in [0.2, 0.25) is 0 Å². The molecular formula is C48H61N5O10. The first-order chi connectivity index (χ1) is 30.2. The number of hydrogen-bond donors (Lipinski definition) is 3. The van der Waals surface area contributed by atoms with Gasteiger partial charge in [-0.1, -0.05) is 44.2 Å². The monoisotopic (exact) mass is 867 g/mol. The molecule has 3 aromatic rings. The maximum absolute atomic E-state index is 15.5. The van der Waals surface area contributed by atoms with Crippen molar-refractivity contribution in [2.45, 2.75) is 99.5 Å². The summed E-state index contributed by atoms with van der Waals surface area (Å²) in [6.45, 7) is 8.65. The lowest BCUT2D eigenvalue weighted by molar-refractivity contribution is -0.228. The van der Waals surface area contributed by atoms with Crippen molar-refractivity contribution in [1.82, 2.24) is 20.1 Å².